The molecule has 32 heteroatoms. The van der Waals surface area contributed by atoms with E-state index in [1.54, 1.807) is 127 Å². The van der Waals surface area contributed by atoms with Gasteiger partial charge in [-0.15, -0.1) is 0 Å². The fraction of sp³-hybridized carbons (Fsp3) is 0.714. The number of amides is 12. The van der Waals surface area contributed by atoms with Gasteiger partial charge >= 0.3 is 24.4 Å². The number of aliphatic hydroxyl groups excluding tert-OH is 2. The van der Waals surface area contributed by atoms with E-state index in [4.69, 9.17) is 24.7 Å². The maximum atomic E-state index is 14.9. The van der Waals surface area contributed by atoms with Crippen molar-refractivity contribution >= 4 is 71.6 Å². The van der Waals surface area contributed by atoms with Crippen LogP contribution in [0.4, 0.5) is 19.2 Å². The quantitative estimate of drug-likeness (QED) is 0.0674. The van der Waals surface area contributed by atoms with Gasteiger partial charge in [0, 0.05) is 51.7 Å². The number of carbonyl (C=O) groups excluding carboxylic acids is 12. The number of rotatable bonds is 22. The lowest BCUT2D eigenvalue weighted by molar-refractivity contribution is -0.136. The second kappa shape index (κ2) is 39.1. The Hall–Kier alpha value is -8.10. The summed E-state index contributed by atoms with van der Waals surface area (Å²) < 4.78 is 21.5. The van der Waals surface area contributed by atoms with Crippen LogP contribution in [-0.4, -0.2) is 210 Å². The average molecular weight is 1350 g/mol. The van der Waals surface area contributed by atoms with Crippen molar-refractivity contribution in [3.8, 4) is 0 Å². The number of nitrogens with two attached hydrogens (primary N) is 1. The Morgan fingerprint density at radius 2 is 0.937 bits per heavy atom. The highest BCUT2D eigenvalue weighted by molar-refractivity contribution is 5.97. The van der Waals surface area contributed by atoms with Crippen LogP contribution >= 0.6 is 0 Å². The number of hydrogen-bond donors (Lipinski definition) is 16. The zero-order chi connectivity index (χ0) is 72.2. The van der Waals surface area contributed by atoms with Crippen LogP contribution in [0, 0.1) is 5.92 Å². The lowest BCUT2D eigenvalue weighted by Gasteiger charge is -2.29. The second-order valence-corrected chi connectivity index (χ2v) is 27.7. The van der Waals surface area contributed by atoms with Crippen LogP contribution in [0.15, 0.2) is 30.3 Å². The molecule has 1 heterocycles. The number of nitrogens with one attached hydrogen (secondary N) is 13. The van der Waals surface area contributed by atoms with Crippen LogP contribution in [0.1, 0.15) is 155 Å². The molecule has 0 spiro atoms. The Morgan fingerprint density at radius 1 is 0.537 bits per heavy atom. The standard InChI is InChI=1S/C63H108N14O18/c1-35(2)32-44-52(84)73-42(25-30-68-58(90)94-62(11,12)13)50(82)72-43(26-31-69-59(91)95-63(14,15)16)51(83)77-47(37(4)79)55(87)65-27-22-39(71-49(81)41(74-54(86)46(64)36(3)78)24-29-67-57(89)93-61(8,9)10)34-70-40(23-28-66-56(88)92-60(5,6)7)48(80)76-45(53(85)75-44)33-38-20-18-17-19-21-38/h17-21,35-37,39-47,70,78-79H,22-34,64H2,1-16H3,(H,65,87)(H,66,88)(H,67,89)(H,68,90)(H,69,91)(H,71,81)(H,72,82)(H,73,84)(H,74,86)(H,75,85)(H,76,80)(H,77,83)/t36?,37?,39-,40-,41-,42-,43-,44-,45+,46-,47-/m0/s1. The number of ether oxygens (including phenoxy) is 4. The van der Waals surface area contributed by atoms with Crippen LogP contribution in [0.25, 0.3) is 0 Å². The molecule has 1 aliphatic heterocycles. The van der Waals surface area contributed by atoms with Crippen LogP contribution in [0.5, 0.6) is 0 Å². The summed E-state index contributed by atoms with van der Waals surface area (Å²) in [5.74, 6) is -7.75. The summed E-state index contributed by atoms with van der Waals surface area (Å²) in [4.78, 5) is 167. The monoisotopic (exact) mass is 1350 g/mol. The third-order valence-electron chi connectivity index (χ3n) is 13.5. The van der Waals surface area contributed by atoms with Gasteiger partial charge in [0.1, 0.15) is 64.7 Å². The molecule has 1 saturated heterocycles. The van der Waals surface area contributed by atoms with Gasteiger partial charge in [0.05, 0.1) is 18.2 Å². The van der Waals surface area contributed by atoms with Crippen LogP contribution < -0.4 is 74.9 Å². The SMILES string of the molecule is CC(C)C[C@@H]1NC(=O)[C@@H](Cc2ccccc2)NC(=O)[C@H](CCNC(=O)OC(C)(C)C)NC[C@@H](NC(=O)[C@H](CCNC(=O)OC(C)(C)C)NC(=O)[C@@H](N)C(C)O)CCNC(=O)[C@H](C(C)O)NC(=O)[C@H](CCNC(=O)OC(C)(C)C)NC(=O)[C@H](CCNC(=O)OC(C)(C)C)NC1=O. The predicted molar refractivity (Wildman–Crippen MR) is 349 cm³/mol. The molecule has 0 aromatic heterocycles. The predicted octanol–water partition coefficient (Wildman–Crippen LogP) is -0.105. The van der Waals surface area contributed by atoms with E-state index in [-0.39, 0.29) is 90.1 Å². The van der Waals surface area contributed by atoms with Gasteiger partial charge in [0.15, 0.2) is 0 Å². The van der Waals surface area contributed by atoms with Gasteiger partial charge in [0.25, 0.3) is 0 Å². The first-order valence-electron chi connectivity index (χ1n) is 32.1. The van der Waals surface area contributed by atoms with Crippen LogP contribution in [-0.2, 0) is 63.7 Å². The van der Waals surface area contributed by atoms with E-state index >= 15 is 0 Å². The minimum atomic E-state index is -1.76. The molecule has 0 saturated carbocycles. The third-order valence-corrected chi connectivity index (χ3v) is 13.5. The Balaban J connectivity index is 2.98. The first kappa shape index (κ1) is 83.0. The molecule has 0 radical (unpaired) electrons. The Morgan fingerprint density at radius 3 is 1.38 bits per heavy atom. The molecule has 1 aromatic rings. The molecule has 17 N–H and O–H groups in total. The molecule has 0 aliphatic carbocycles. The first-order chi connectivity index (χ1) is 43.9. The van der Waals surface area contributed by atoms with E-state index in [1.165, 1.54) is 13.8 Å². The summed E-state index contributed by atoms with van der Waals surface area (Å²) in [6.07, 6.45) is -8.01. The summed E-state index contributed by atoms with van der Waals surface area (Å²) in [7, 11) is 0. The van der Waals surface area contributed by atoms with E-state index in [1.807, 2.05) is 0 Å². The van der Waals surface area contributed by atoms with E-state index < -0.39 is 161 Å². The number of alkyl carbamates (subject to hydrolysis) is 4. The molecular formula is C63H108N14O18. The zero-order valence-electron chi connectivity index (χ0n) is 58.0. The third kappa shape index (κ3) is 35.3. The van der Waals surface area contributed by atoms with Crippen molar-refractivity contribution in [2.45, 2.75) is 245 Å². The maximum Gasteiger partial charge on any atom is 0.407 e. The lowest BCUT2D eigenvalue weighted by Crippen LogP contribution is -2.61. The topological polar surface area (TPSA) is 465 Å². The summed E-state index contributed by atoms with van der Waals surface area (Å²) in [5.41, 5.74) is 2.86. The van der Waals surface area contributed by atoms with Crippen LogP contribution in [0.3, 0.4) is 0 Å². The van der Waals surface area contributed by atoms with E-state index in [0.29, 0.717) is 5.56 Å². The number of hydrogen-bond acceptors (Lipinski definition) is 20. The molecule has 1 aromatic carbocycles. The highest BCUT2D eigenvalue weighted by atomic mass is 16.6. The summed E-state index contributed by atoms with van der Waals surface area (Å²) in [6, 6.07) is -4.75. The normalized spacial score (nSPS) is 21.5. The first-order valence-corrected chi connectivity index (χ1v) is 32.1. The van der Waals surface area contributed by atoms with Gasteiger partial charge in [-0.3, -0.25) is 38.4 Å². The highest BCUT2D eigenvalue weighted by Crippen LogP contribution is 2.14. The molecule has 2 unspecified atom stereocenters. The molecule has 32 nitrogen and oxygen atoms in total. The van der Waals surface area contributed by atoms with Crippen molar-refractivity contribution in [1.29, 1.82) is 0 Å². The fourth-order valence-corrected chi connectivity index (χ4v) is 8.95. The number of benzene rings is 1. The van der Waals surface area contributed by atoms with Crippen molar-refractivity contribution in [1.82, 2.24) is 69.1 Å². The summed E-state index contributed by atoms with van der Waals surface area (Å²) in [6.45, 7) is 23.8. The number of carbonyl (C=O) groups is 12. The molecular weight excluding hydrogens is 1240 g/mol. The highest BCUT2D eigenvalue weighted by Gasteiger charge is 2.37. The summed E-state index contributed by atoms with van der Waals surface area (Å²) in [5, 5.41) is 55.8. The Bertz CT molecular complexity index is 2710. The van der Waals surface area contributed by atoms with Crippen molar-refractivity contribution in [3.63, 3.8) is 0 Å². The van der Waals surface area contributed by atoms with Crippen molar-refractivity contribution in [2.75, 3.05) is 39.3 Å². The van der Waals surface area contributed by atoms with Gasteiger partial charge in [-0.25, -0.2) is 19.2 Å². The van der Waals surface area contributed by atoms with Gasteiger partial charge < -0.3 is 104 Å². The van der Waals surface area contributed by atoms with Gasteiger partial charge in [-0.2, -0.15) is 0 Å². The van der Waals surface area contributed by atoms with E-state index in [2.05, 4.69) is 69.1 Å². The largest absolute Gasteiger partial charge is 0.444 e. The van der Waals surface area contributed by atoms with Crippen molar-refractivity contribution < 1.29 is 86.7 Å². The smallest absolute Gasteiger partial charge is 0.407 e. The summed E-state index contributed by atoms with van der Waals surface area (Å²) >= 11 is 0. The maximum absolute atomic E-state index is 14.9. The molecule has 2 rings (SSSR count). The van der Waals surface area contributed by atoms with Crippen molar-refractivity contribution in [2.24, 2.45) is 11.7 Å². The average Bonchev–Trinajstić information content (AvgIpc) is 1.17. The molecule has 0 bridgehead atoms. The zero-order valence-corrected chi connectivity index (χ0v) is 58.0. The number of aliphatic hydroxyl groups is 2. The molecule has 12 amide bonds. The second-order valence-electron chi connectivity index (χ2n) is 27.7. The molecule has 11 atom stereocenters. The van der Waals surface area contributed by atoms with Gasteiger partial charge in [0.2, 0.25) is 47.3 Å². The molecule has 1 aliphatic rings. The Labute approximate surface area is 557 Å². The lowest BCUT2D eigenvalue weighted by atomic mass is 10.00. The minimum Gasteiger partial charge on any atom is -0.444 e. The van der Waals surface area contributed by atoms with E-state index in [0.717, 1.165) is 0 Å². The minimum absolute atomic E-state index is 0.0377. The van der Waals surface area contributed by atoms with Gasteiger partial charge in [-0.05, 0) is 147 Å². The fourth-order valence-electron chi connectivity index (χ4n) is 8.95. The molecule has 95 heavy (non-hydrogen) atoms. The van der Waals surface area contributed by atoms with Crippen molar-refractivity contribution in [3.05, 3.63) is 35.9 Å². The molecule has 1 fully saturated rings. The van der Waals surface area contributed by atoms with Gasteiger partial charge in [-0.1, -0.05) is 44.2 Å². The van der Waals surface area contributed by atoms with Crippen LogP contribution in [0.2, 0.25) is 0 Å². The Kier molecular flexibility index (Phi) is 34.1. The molecule has 538 valence electrons. The van der Waals surface area contributed by atoms with E-state index in [9.17, 15) is 67.7 Å².